The summed E-state index contributed by atoms with van der Waals surface area (Å²) < 4.78 is 11.4. The number of nitrogens with one attached hydrogen (secondary N) is 2. The number of imidazole rings is 2. The Balaban J connectivity index is 1.82. The maximum absolute atomic E-state index is 12.2. The zero-order valence-electron chi connectivity index (χ0n) is 16.7. The van der Waals surface area contributed by atoms with Gasteiger partial charge in [-0.05, 0) is 24.3 Å². The molecule has 0 unspecified atom stereocenters. The van der Waals surface area contributed by atoms with Gasteiger partial charge in [0.2, 0.25) is 12.2 Å². The van der Waals surface area contributed by atoms with E-state index in [0.29, 0.717) is 11.6 Å². The van der Waals surface area contributed by atoms with Crippen molar-refractivity contribution in [3.05, 3.63) is 60.2 Å². The standard InChI is InChI=1S/C22H22N4O4/c1-3-17(27)29-19(21-23-13-9-5-6-10-14(13)24-21)20(30-18(28)4-2)22-25-15-11-7-8-12-16(15)26-22/h5-12,19-20H,3-4H2,1-2H3,(H,23,24)(H,25,26)/t19-,20-/m0/s1. The summed E-state index contributed by atoms with van der Waals surface area (Å²) in [6, 6.07) is 14.9. The fraction of sp³-hybridized carbons (Fsp3) is 0.273. The Morgan fingerprint density at radius 3 is 1.53 bits per heavy atom. The van der Waals surface area contributed by atoms with Crippen LogP contribution in [0.25, 0.3) is 22.1 Å². The van der Waals surface area contributed by atoms with Crippen molar-refractivity contribution in [2.24, 2.45) is 0 Å². The Bertz CT molecular complexity index is 1040. The molecule has 2 aromatic carbocycles. The number of aromatic nitrogens is 4. The maximum atomic E-state index is 12.2. The molecule has 8 nitrogen and oxygen atoms in total. The second-order valence-electron chi connectivity index (χ2n) is 6.81. The summed E-state index contributed by atoms with van der Waals surface area (Å²) in [6.07, 6.45) is -1.63. The number of aromatic amines is 2. The number of hydrogen-bond donors (Lipinski definition) is 2. The Labute approximate surface area is 172 Å². The fourth-order valence-corrected chi connectivity index (χ4v) is 3.19. The normalized spacial score (nSPS) is 13.3. The molecule has 0 spiro atoms. The molecule has 154 valence electrons. The molecule has 0 aliphatic rings. The van der Waals surface area contributed by atoms with Crippen LogP contribution in [0.1, 0.15) is 50.5 Å². The highest BCUT2D eigenvalue weighted by Gasteiger charge is 2.36. The Morgan fingerprint density at radius 1 is 0.767 bits per heavy atom. The number of hydrogen-bond acceptors (Lipinski definition) is 6. The van der Waals surface area contributed by atoms with E-state index in [4.69, 9.17) is 9.47 Å². The number of benzene rings is 2. The fourth-order valence-electron chi connectivity index (χ4n) is 3.19. The van der Waals surface area contributed by atoms with Crippen molar-refractivity contribution in [2.45, 2.75) is 38.9 Å². The first kappa shape index (κ1) is 19.6. The molecule has 0 radical (unpaired) electrons. The average molecular weight is 406 g/mol. The Hall–Kier alpha value is -3.68. The van der Waals surface area contributed by atoms with Gasteiger partial charge < -0.3 is 19.4 Å². The molecule has 0 saturated heterocycles. The van der Waals surface area contributed by atoms with Gasteiger partial charge in [0.1, 0.15) is 0 Å². The SMILES string of the molecule is CCC(=O)O[C@H](c1nc2ccccc2[nH]1)[C@H](OC(=O)CC)c1nc2ccccc2[nH]1. The third-order valence-corrected chi connectivity index (χ3v) is 4.72. The number of H-pyrrole nitrogens is 2. The van der Waals surface area contributed by atoms with Gasteiger partial charge in [0.05, 0.1) is 22.1 Å². The van der Waals surface area contributed by atoms with E-state index in [1.54, 1.807) is 13.8 Å². The summed E-state index contributed by atoms with van der Waals surface area (Å²) in [5.74, 6) is -0.108. The summed E-state index contributed by atoms with van der Waals surface area (Å²) in [5, 5.41) is 0. The van der Waals surface area contributed by atoms with Crippen LogP contribution in [0.3, 0.4) is 0 Å². The molecule has 8 heteroatoms. The van der Waals surface area contributed by atoms with Crippen LogP contribution in [-0.2, 0) is 19.1 Å². The highest BCUT2D eigenvalue weighted by Crippen LogP contribution is 2.35. The van der Waals surface area contributed by atoms with Crippen molar-refractivity contribution in [3.8, 4) is 0 Å². The number of esters is 2. The predicted molar refractivity (Wildman–Crippen MR) is 110 cm³/mol. The quantitative estimate of drug-likeness (QED) is 0.447. The van der Waals surface area contributed by atoms with Gasteiger partial charge >= 0.3 is 11.9 Å². The van der Waals surface area contributed by atoms with Crippen LogP contribution in [0.2, 0.25) is 0 Å². The van der Waals surface area contributed by atoms with Gasteiger partial charge in [-0.1, -0.05) is 38.1 Å². The molecule has 4 aromatic rings. The van der Waals surface area contributed by atoms with E-state index < -0.39 is 24.1 Å². The molecule has 30 heavy (non-hydrogen) atoms. The second-order valence-corrected chi connectivity index (χ2v) is 6.81. The first-order valence-electron chi connectivity index (χ1n) is 9.87. The third-order valence-electron chi connectivity index (χ3n) is 4.72. The molecule has 0 saturated carbocycles. The van der Waals surface area contributed by atoms with Crippen LogP contribution in [0, 0.1) is 0 Å². The molecule has 0 aliphatic heterocycles. The molecule has 0 bridgehead atoms. The van der Waals surface area contributed by atoms with Gasteiger partial charge in [0, 0.05) is 12.8 Å². The molecule has 2 heterocycles. The van der Waals surface area contributed by atoms with E-state index >= 15 is 0 Å². The second kappa shape index (κ2) is 8.36. The van der Waals surface area contributed by atoms with Crippen molar-refractivity contribution >= 4 is 34.0 Å². The molecule has 2 atom stereocenters. The smallest absolute Gasteiger partial charge is 0.306 e. The summed E-state index contributed by atoms with van der Waals surface area (Å²) >= 11 is 0. The molecule has 2 N–H and O–H groups in total. The van der Waals surface area contributed by atoms with Crippen LogP contribution in [0.15, 0.2) is 48.5 Å². The Morgan fingerprint density at radius 2 is 1.17 bits per heavy atom. The number of ether oxygens (including phenoxy) is 2. The molecular weight excluding hydrogens is 384 g/mol. The lowest BCUT2D eigenvalue weighted by molar-refractivity contribution is -0.170. The van der Waals surface area contributed by atoms with Crippen LogP contribution in [0.5, 0.6) is 0 Å². The van der Waals surface area contributed by atoms with Gasteiger partial charge in [-0.2, -0.15) is 0 Å². The van der Waals surface area contributed by atoms with Crippen LogP contribution in [0.4, 0.5) is 0 Å². The molecule has 4 rings (SSSR count). The minimum atomic E-state index is -0.985. The molecule has 0 aliphatic carbocycles. The van der Waals surface area contributed by atoms with E-state index in [2.05, 4.69) is 19.9 Å². The summed E-state index contributed by atoms with van der Waals surface area (Å²) in [5.41, 5.74) is 3.01. The number of rotatable bonds is 7. The number of para-hydroxylation sites is 4. The van der Waals surface area contributed by atoms with E-state index in [1.807, 2.05) is 48.5 Å². The molecule has 0 amide bonds. The highest BCUT2D eigenvalue weighted by atomic mass is 16.6. The van der Waals surface area contributed by atoms with Crippen LogP contribution < -0.4 is 0 Å². The summed E-state index contributed by atoms with van der Waals surface area (Å²) in [6.45, 7) is 3.40. The number of nitrogens with zero attached hydrogens (tertiary/aromatic N) is 2. The Kier molecular flexibility index (Phi) is 5.47. The van der Waals surface area contributed by atoms with Gasteiger partial charge in [-0.15, -0.1) is 0 Å². The average Bonchev–Trinajstić information content (AvgIpc) is 3.39. The zero-order valence-corrected chi connectivity index (χ0v) is 16.7. The zero-order chi connectivity index (χ0) is 21.1. The minimum absolute atomic E-state index is 0.172. The van der Waals surface area contributed by atoms with Crippen molar-refractivity contribution in [2.75, 3.05) is 0 Å². The van der Waals surface area contributed by atoms with Gasteiger partial charge in [-0.3, -0.25) is 9.59 Å². The highest BCUT2D eigenvalue weighted by molar-refractivity contribution is 5.76. The van der Waals surface area contributed by atoms with E-state index in [1.165, 1.54) is 0 Å². The van der Waals surface area contributed by atoms with E-state index in [0.717, 1.165) is 22.1 Å². The molecule has 2 aromatic heterocycles. The van der Waals surface area contributed by atoms with Crippen molar-refractivity contribution < 1.29 is 19.1 Å². The topological polar surface area (TPSA) is 110 Å². The van der Waals surface area contributed by atoms with Crippen molar-refractivity contribution in [3.63, 3.8) is 0 Å². The van der Waals surface area contributed by atoms with Crippen molar-refractivity contribution in [1.29, 1.82) is 0 Å². The maximum Gasteiger partial charge on any atom is 0.306 e. The lowest BCUT2D eigenvalue weighted by Gasteiger charge is -2.24. The number of fused-ring (bicyclic) bond motifs is 2. The number of carbonyl (C=O) groups excluding carboxylic acids is 2. The van der Waals surface area contributed by atoms with Crippen LogP contribution >= 0.6 is 0 Å². The predicted octanol–water partition coefficient (Wildman–Crippen LogP) is 4.13. The van der Waals surface area contributed by atoms with Gasteiger partial charge in [0.15, 0.2) is 11.6 Å². The summed E-state index contributed by atoms with van der Waals surface area (Å²) in [7, 11) is 0. The monoisotopic (exact) mass is 406 g/mol. The lowest BCUT2D eigenvalue weighted by atomic mass is 10.1. The minimum Gasteiger partial charge on any atom is -0.450 e. The third kappa shape index (κ3) is 3.89. The first-order chi connectivity index (χ1) is 14.6. The first-order valence-corrected chi connectivity index (χ1v) is 9.87. The largest absolute Gasteiger partial charge is 0.450 e. The number of carbonyl (C=O) groups is 2. The van der Waals surface area contributed by atoms with Crippen LogP contribution in [-0.4, -0.2) is 31.9 Å². The summed E-state index contributed by atoms with van der Waals surface area (Å²) in [4.78, 5) is 40.0. The molecule has 0 fully saturated rings. The molecular formula is C22H22N4O4. The van der Waals surface area contributed by atoms with E-state index in [-0.39, 0.29) is 12.8 Å². The van der Waals surface area contributed by atoms with E-state index in [9.17, 15) is 9.59 Å². The lowest BCUT2D eigenvalue weighted by Crippen LogP contribution is -2.24. The van der Waals surface area contributed by atoms with Gasteiger partial charge in [-0.25, -0.2) is 9.97 Å². The van der Waals surface area contributed by atoms with Crippen molar-refractivity contribution in [1.82, 2.24) is 19.9 Å². The van der Waals surface area contributed by atoms with Gasteiger partial charge in [0.25, 0.3) is 0 Å².